The van der Waals surface area contributed by atoms with E-state index in [1.807, 2.05) is 37.3 Å². The molecule has 0 aliphatic carbocycles. The number of hydrogen-bond donors (Lipinski definition) is 1. The highest BCUT2D eigenvalue weighted by Gasteiger charge is 2.34. The van der Waals surface area contributed by atoms with Gasteiger partial charge in [0.2, 0.25) is 11.8 Å². The first-order chi connectivity index (χ1) is 20.6. The molecule has 10 heteroatoms. The maximum atomic E-state index is 14.3. The summed E-state index contributed by atoms with van der Waals surface area (Å²) in [5, 5.41) is 3.34. The Morgan fingerprint density at radius 2 is 1.49 bits per heavy atom. The highest BCUT2D eigenvalue weighted by Crippen LogP contribution is 2.26. The van der Waals surface area contributed by atoms with Crippen LogP contribution in [0.15, 0.2) is 108 Å². The van der Waals surface area contributed by atoms with Crippen molar-refractivity contribution >= 4 is 39.1 Å². The van der Waals surface area contributed by atoms with Crippen LogP contribution in [0.5, 0.6) is 0 Å². The molecule has 0 aromatic heterocycles. The van der Waals surface area contributed by atoms with Crippen molar-refractivity contribution in [2.75, 3.05) is 17.4 Å². The molecule has 0 aliphatic rings. The summed E-state index contributed by atoms with van der Waals surface area (Å²) in [6, 6.07) is 26.4. The van der Waals surface area contributed by atoms with Gasteiger partial charge in [0.15, 0.2) is 0 Å². The van der Waals surface area contributed by atoms with Crippen LogP contribution in [0.3, 0.4) is 0 Å². The number of amides is 2. The number of benzene rings is 4. The number of hydrogen-bond acceptors (Lipinski definition) is 4. The molecule has 7 nitrogen and oxygen atoms in total. The Labute approximate surface area is 257 Å². The molecular weight excluding hydrogens is 589 g/mol. The fourth-order valence-corrected chi connectivity index (χ4v) is 6.15. The van der Waals surface area contributed by atoms with Crippen LogP contribution in [0.1, 0.15) is 23.6 Å². The Morgan fingerprint density at radius 1 is 0.860 bits per heavy atom. The predicted octanol–water partition coefficient (Wildman–Crippen LogP) is 5.76. The number of sulfonamides is 1. The van der Waals surface area contributed by atoms with Crippen molar-refractivity contribution in [1.82, 2.24) is 10.2 Å². The second kappa shape index (κ2) is 14.3. The lowest BCUT2D eigenvalue weighted by Gasteiger charge is -2.34. The third-order valence-electron chi connectivity index (χ3n) is 6.89. The van der Waals surface area contributed by atoms with Crippen molar-refractivity contribution in [2.45, 2.75) is 37.8 Å². The Bertz CT molecular complexity index is 1630. The van der Waals surface area contributed by atoms with Crippen molar-refractivity contribution < 1.29 is 22.4 Å². The number of carbonyl (C=O) groups is 2. The van der Waals surface area contributed by atoms with Crippen molar-refractivity contribution in [3.63, 3.8) is 0 Å². The minimum Gasteiger partial charge on any atom is -0.355 e. The van der Waals surface area contributed by atoms with E-state index >= 15 is 0 Å². The molecule has 0 unspecified atom stereocenters. The van der Waals surface area contributed by atoms with Crippen LogP contribution in [0.2, 0.25) is 5.02 Å². The van der Waals surface area contributed by atoms with Crippen LogP contribution < -0.4 is 9.62 Å². The largest absolute Gasteiger partial charge is 0.355 e. The van der Waals surface area contributed by atoms with Crippen LogP contribution in [0.4, 0.5) is 10.1 Å². The normalized spacial score (nSPS) is 11.9. The molecule has 43 heavy (non-hydrogen) atoms. The summed E-state index contributed by atoms with van der Waals surface area (Å²) in [6.45, 7) is 3.44. The third kappa shape index (κ3) is 8.21. The van der Waals surface area contributed by atoms with Gasteiger partial charge in [-0.3, -0.25) is 13.9 Å². The van der Waals surface area contributed by atoms with Gasteiger partial charge < -0.3 is 10.2 Å². The topological polar surface area (TPSA) is 86.8 Å². The van der Waals surface area contributed by atoms with Gasteiger partial charge in [0.1, 0.15) is 18.4 Å². The molecule has 0 spiro atoms. The number of nitrogens with one attached hydrogen (secondary N) is 1. The second-order valence-electron chi connectivity index (χ2n) is 10.0. The first kappa shape index (κ1) is 31.7. The molecule has 4 aromatic rings. The zero-order valence-electron chi connectivity index (χ0n) is 23.9. The van der Waals surface area contributed by atoms with Crippen LogP contribution in [0, 0.1) is 12.7 Å². The van der Waals surface area contributed by atoms with Gasteiger partial charge in [-0.15, -0.1) is 0 Å². The average molecular weight is 622 g/mol. The van der Waals surface area contributed by atoms with E-state index < -0.39 is 34.3 Å². The summed E-state index contributed by atoms with van der Waals surface area (Å²) in [5.74, 6) is -1.54. The van der Waals surface area contributed by atoms with Gasteiger partial charge in [-0.25, -0.2) is 12.8 Å². The van der Waals surface area contributed by atoms with E-state index in [4.69, 9.17) is 11.6 Å². The minimum atomic E-state index is -4.30. The molecule has 0 fully saturated rings. The van der Waals surface area contributed by atoms with Gasteiger partial charge in [-0.05, 0) is 73.5 Å². The van der Waals surface area contributed by atoms with Gasteiger partial charge >= 0.3 is 0 Å². The van der Waals surface area contributed by atoms with E-state index in [1.165, 1.54) is 4.90 Å². The summed E-state index contributed by atoms with van der Waals surface area (Å²) in [4.78, 5) is 29.0. The van der Waals surface area contributed by atoms with Gasteiger partial charge in [0, 0.05) is 24.5 Å². The summed E-state index contributed by atoms with van der Waals surface area (Å²) in [7, 11) is -4.30. The molecule has 4 aromatic carbocycles. The van der Waals surface area contributed by atoms with Gasteiger partial charge in [0.05, 0.1) is 10.6 Å². The Kier molecular flexibility index (Phi) is 10.6. The zero-order valence-corrected chi connectivity index (χ0v) is 25.5. The van der Waals surface area contributed by atoms with Crippen molar-refractivity contribution in [3.8, 4) is 0 Å². The van der Waals surface area contributed by atoms with Gasteiger partial charge in [0.25, 0.3) is 10.0 Å². The van der Waals surface area contributed by atoms with E-state index in [2.05, 4.69) is 5.32 Å². The molecule has 1 atom stereocenters. The molecule has 0 bridgehead atoms. The van der Waals surface area contributed by atoms with Crippen LogP contribution in [-0.2, 0) is 32.6 Å². The van der Waals surface area contributed by atoms with Gasteiger partial charge in [-0.1, -0.05) is 71.8 Å². The van der Waals surface area contributed by atoms with E-state index in [-0.39, 0.29) is 29.5 Å². The SMILES string of the molecule is CCNC(=O)[C@H](Cc1ccccc1)N(Cc1ccc(Cl)cc1)C(=O)CN(c1ccc(C)cc1)S(=O)(=O)c1ccc(F)cc1. The lowest BCUT2D eigenvalue weighted by molar-refractivity contribution is -0.140. The molecule has 0 saturated heterocycles. The highest BCUT2D eigenvalue weighted by atomic mass is 35.5. The Balaban J connectivity index is 1.78. The predicted molar refractivity (Wildman–Crippen MR) is 167 cm³/mol. The third-order valence-corrected chi connectivity index (χ3v) is 8.93. The summed E-state index contributed by atoms with van der Waals surface area (Å²) < 4.78 is 42.5. The number of aryl methyl sites for hydroxylation is 1. The summed E-state index contributed by atoms with van der Waals surface area (Å²) in [5.41, 5.74) is 2.70. The monoisotopic (exact) mass is 621 g/mol. The lowest BCUT2D eigenvalue weighted by Crippen LogP contribution is -2.53. The summed E-state index contributed by atoms with van der Waals surface area (Å²) in [6.07, 6.45) is 0.210. The van der Waals surface area contributed by atoms with E-state index in [0.29, 0.717) is 17.1 Å². The number of rotatable bonds is 12. The molecule has 0 heterocycles. The van der Waals surface area contributed by atoms with E-state index in [9.17, 15) is 22.4 Å². The number of halogens is 2. The van der Waals surface area contributed by atoms with Crippen LogP contribution in [-0.4, -0.2) is 44.3 Å². The molecule has 1 N–H and O–H groups in total. The Morgan fingerprint density at radius 3 is 2.09 bits per heavy atom. The van der Waals surface area contributed by atoms with Crippen molar-refractivity contribution in [1.29, 1.82) is 0 Å². The standard InChI is InChI=1S/C33H33ClFN3O4S/c1-3-36-33(40)31(21-25-7-5-4-6-8-25)37(22-26-11-13-27(34)14-12-26)32(39)23-38(29-17-9-24(2)10-18-29)43(41,42)30-19-15-28(35)16-20-30/h4-20,31H,3,21-23H2,1-2H3,(H,36,40)/t31-/m0/s1. The number of anilines is 1. The number of carbonyl (C=O) groups excluding carboxylic acids is 2. The highest BCUT2D eigenvalue weighted by molar-refractivity contribution is 7.92. The molecule has 224 valence electrons. The van der Waals surface area contributed by atoms with Crippen molar-refractivity contribution in [2.24, 2.45) is 0 Å². The zero-order chi connectivity index (χ0) is 31.0. The average Bonchev–Trinajstić information content (AvgIpc) is 3.00. The number of nitrogens with zero attached hydrogens (tertiary/aromatic N) is 2. The first-order valence-electron chi connectivity index (χ1n) is 13.8. The van der Waals surface area contributed by atoms with E-state index in [1.54, 1.807) is 55.5 Å². The second-order valence-corrected chi connectivity index (χ2v) is 12.3. The molecule has 0 radical (unpaired) electrons. The van der Waals surface area contributed by atoms with Crippen LogP contribution in [0.25, 0.3) is 0 Å². The Hall–Kier alpha value is -4.21. The maximum Gasteiger partial charge on any atom is 0.264 e. The van der Waals surface area contributed by atoms with Crippen LogP contribution >= 0.6 is 11.6 Å². The van der Waals surface area contributed by atoms with Gasteiger partial charge in [-0.2, -0.15) is 0 Å². The molecular formula is C33H33ClFN3O4S. The fraction of sp³-hybridized carbons (Fsp3) is 0.212. The molecule has 0 aliphatic heterocycles. The maximum absolute atomic E-state index is 14.3. The van der Waals surface area contributed by atoms with Crippen molar-refractivity contribution in [3.05, 3.63) is 131 Å². The molecule has 2 amide bonds. The lowest BCUT2D eigenvalue weighted by atomic mass is 10.0. The molecule has 4 rings (SSSR count). The quantitative estimate of drug-likeness (QED) is 0.218. The fourth-order valence-electron chi connectivity index (χ4n) is 4.61. The smallest absolute Gasteiger partial charge is 0.264 e. The van der Waals surface area contributed by atoms with E-state index in [0.717, 1.165) is 39.7 Å². The number of likely N-dealkylation sites (N-methyl/N-ethyl adjacent to an activating group) is 1. The first-order valence-corrected chi connectivity index (χ1v) is 15.6. The molecule has 0 saturated carbocycles. The summed E-state index contributed by atoms with van der Waals surface area (Å²) >= 11 is 6.10. The minimum absolute atomic E-state index is 0.0307.